The molecule has 0 spiro atoms. The maximum Gasteiger partial charge on any atom is 0.410 e. The first-order valence-corrected chi connectivity index (χ1v) is 11.5. The number of nitrogens with zero attached hydrogens (tertiary/aromatic N) is 3. The quantitative estimate of drug-likeness (QED) is 0.277. The fourth-order valence-corrected chi connectivity index (χ4v) is 3.35. The van der Waals surface area contributed by atoms with Gasteiger partial charge in [-0.05, 0) is 45.9 Å². The summed E-state index contributed by atoms with van der Waals surface area (Å²) in [7, 11) is 4.46. The Kier molecular flexibility index (Phi) is 9.58. The van der Waals surface area contributed by atoms with E-state index in [9.17, 15) is 19.1 Å². The summed E-state index contributed by atoms with van der Waals surface area (Å²) >= 11 is 0. The molecule has 0 fully saturated rings. The van der Waals surface area contributed by atoms with E-state index in [0.29, 0.717) is 5.70 Å². The highest BCUT2D eigenvalue weighted by Crippen LogP contribution is 2.26. The Hall–Kier alpha value is -4.42. The molecule has 1 heterocycles. The van der Waals surface area contributed by atoms with Crippen molar-refractivity contribution in [3.8, 4) is 5.88 Å². The molecule has 1 unspecified atom stereocenters. The lowest BCUT2D eigenvalue weighted by molar-refractivity contribution is 0.0256. The summed E-state index contributed by atoms with van der Waals surface area (Å²) in [6.07, 6.45) is 0.714. The van der Waals surface area contributed by atoms with E-state index in [1.165, 1.54) is 18.2 Å². The Balaban J connectivity index is 2.51. The van der Waals surface area contributed by atoms with E-state index in [1.54, 1.807) is 41.8 Å². The molecule has 0 saturated heterocycles. The zero-order chi connectivity index (χ0) is 28.8. The number of nitrogens with two attached hydrogens (primary N) is 1. The second kappa shape index (κ2) is 12.2. The van der Waals surface area contributed by atoms with Gasteiger partial charge in [0.1, 0.15) is 18.0 Å². The molecule has 0 aliphatic rings. The third kappa shape index (κ3) is 7.31. The highest BCUT2D eigenvalue weighted by atomic mass is 19.1. The van der Waals surface area contributed by atoms with Crippen LogP contribution in [-0.4, -0.2) is 70.8 Å². The maximum atomic E-state index is 13.7. The van der Waals surface area contributed by atoms with Crippen molar-refractivity contribution in [2.45, 2.75) is 45.9 Å². The van der Waals surface area contributed by atoms with Gasteiger partial charge in [-0.3, -0.25) is 5.41 Å². The molecular weight excluding hydrogens is 499 g/mol. The van der Waals surface area contributed by atoms with Crippen LogP contribution in [0, 0.1) is 11.2 Å². The van der Waals surface area contributed by atoms with E-state index in [2.05, 4.69) is 15.3 Å². The molecule has 1 aromatic carbocycles. The number of hydrogen-bond acceptors (Lipinski definition) is 10. The molecule has 0 aliphatic heterocycles. The van der Waals surface area contributed by atoms with Crippen LogP contribution in [0.15, 0.2) is 30.1 Å². The summed E-state index contributed by atoms with van der Waals surface area (Å²) in [5.41, 5.74) is 5.79. The summed E-state index contributed by atoms with van der Waals surface area (Å²) in [5, 5.41) is 20.8. The van der Waals surface area contributed by atoms with Crippen LogP contribution in [0.3, 0.4) is 0 Å². The number of nitrogens with one attached hydrogen (secondary N) is 2. The molecule has 0 bridgehead atoms. The number of aromatic nitrogens is 2. The van der Waals surface area contributed by atoms with Crippen molar-refractivity contribution in [3.05, 3.63) is 52.7 Å². The molecule has 2 rings (SSSR count). The number of benzene rings is 1. The number of aromatic carboxylic acids is 1. The van der Waals surface area contributed by atoms with Crippen LogP contribution in [0.2, 0.25) is 0 Å². The molecule has 0 aliphatic carbocycles. The lowest BCUT2D eigenvalue weighted by Crippen LogP contribution is -2.43. The highest BCUT2D eigenvalue weighted by Gasteiger charge is 2.29. The van der Waals surface area contributed by atoms with Crippen LogP contribution in [-0.2, 0) is 16.1 Å². The van der Waals surface area contributed by atoms with Crippen molar-refractivity contribution < 1.29 is 33.3 Å². The van der Waals surface area contributed by atoms with Gasteiger partial charge in [0.05, 0.1) is 36.2 Å². The Bertz CT molecular complexity index is 1240. The largest absolute Gasteiger partial charge is 0.481 e. The van der Waals surface area contributed by atoms with Crippen molar-refractivity contribution in [1.29, 1.82) is 5.41 Å². The normalized spacial score (nSPS) is 12.6. The number of nitrogen functional groups attached to an aromatic ring is 1. The van der Waals surface area contributed by atoms with E-state index in [0.717, 1.165) is 18.2 Å². The van der Waals surface area contributed by atoms with Crippen LogP contribution >= 0.6 is 0 Å². The minimum Gasteiger partial charge on any atom is -0.481 e. The van der Waals surface area contributed by atoms with Gasteiger partial charge < -0.3 is 35.3 Å². The number of carboxylic acid groups (broad SMARTS) is 1. The van der Waals surface area contributed by atoms with E-state index in [4.69, 9.17) is 25.4 Å². The number of amides is 1. The van der Waals surface area contributed by atoms with Crippen LogP contribution in [0.5, 0.6) is 5.88 Å². The summed E-state index contributed by atoms with van der Waals surface area (Å²) in [5.74, 6) is -2.47. The lowest BCUT2D eigenvalue weighted by Gasteiger charge is -2.31. The number of hydrogen-bond donors (Lipinski definition) is 4. The molecule has 1 amide bonds. The topological polar surface area (TPSA) is 173 Å². The zero-order valence-corrected chi connectivity index (χ0v) is 22.4. The van der Waals surface area contributed by atoms with Gasteiger partial charge in [-0.15, -0.1) is 0 Å². The van der Waals surface area contributed by atoms with Crippen LogP contribution in [0.1, 0.15) is 49.3 Å². The van der Waals surface area contributed by atoms with E-state index in [-0.39, 0.29) is 46.6 Å². The van der Waals surface area contributed by atoms with Gasteiger partial charge in [0.25, 0.3) is 5.88 Å². The summed E-state index contributed by atoms with van der Waals surface area (Å²) in [6, 6.07) is 2.57. The molecule has 206 valence electrons. The third-order valence-corrected chi connectivity index (χ3v) is 5.34. The van der Waals surface area contributed by atoms with Crippen molar-refractivity contribution in [3.63, 3.8) is 0 Å². The van der Waals surface area contributed by atoms with Gasteiger partial charge in [0.2, 0.25) is 5.90 Å². The average Bonchev–Trinajstić information content (AvgIpc) is 2.84. The number of anilines is 1. The number of carbonyl (C=O) groups is 2. The maximum absolute atomic E-state index is 13.7. The molecule has 5 N–H and O–H groups in total. The fraction of sp³-hybridized carbons (Fsp3) is 0.400. The first kappa shape index (κ1) is 29.8. The molecule has 1 aromatic heterocycles. The Morgan fingerprint density at radius 2 is 1.97 bits per heavy atom. The van der Waals surface area contributed by atoms with Gasteiger partial charge in [-0.2, -0.15) is 0 Å². The average molecular weight is 533 g/mol. The van der Waals surface area contributed by atoms with Gasteiger partial charge in [0.15, 0.2) is 5.82 Å². The molecule has 0 saturated carbocycles. The highest BCUT2D eigenvalue weighted by molar-refractivity contribution is 6.18. The smallest absolute Gasteiger partial charge is 0.410 e. The minimum atomic E-state index is -1.25. The summed E-state index contributed by atoms with van der Waals surface area (Å²) in [6.45, 7) is 6.61. The molecule has 1 atom stereocenters. The van der Waals surface area contributed by atoms with Crippen LogP contribution in [0.25, 0.3) is 5.57 Å². The van der Waals surface area contributed by atoms with E-state index >= 15 is 0 Å². The van der Waals surface area contributed by atoms with Gasteiger partial charge in [0, 0.05) is 25.4 Å². The first-order valence-electron chi connectivity index (χ1n) is 11.5. The van der Waals surface area contributed by atoms with Crippen molar-refractivity contribution in [2.75, 3.05) is 26.9 Å². The van der Waals surface area contributed by atoms with Gasteiger partial charge >= 0.3 is 12.1 Å². The summed E-state index contributed by atoms with van der Waals surface area (Å²) < 4.78 is 30.0. The van der Waals surface area contributed by atoms with Crippen molar-refractivity contribution in [1.82, 2.24) is 20.2 Å². The number of halogens is 1. The summed E-state index contributed by atoms with van der Waals surface area (Å²) in [4.78, 5) is 34.0. The van der Waals surface area contributed by atoms with E-state index in [1.807, 2.05) is 0 Å². The van der Waals surface area contributed by atoms with Crippen LogP contribution < -0.4 is 15.8 Å². The van der Waals surface area contributed by atoms with Crippen molar-refractivity contribution >= 4 is 29.4 Å². The number of methoxy groups -OCH3 is 1. The van der Waals surface area contributed by atoms with Gasteiger partial charge in [-0.25, -0.2) is 23.9 Å². The van der Waals surface area contributed by atoms with E-state index < -0.39 is 29.5 Å². The van der Waals surface area contributed by atoms with Crippen molar-refractivity contribution in [2.24, 2.45) is 0 Å². The van der Waals surface area contributed by atoms with Crippen LogP contribution in [0.4, 0.5) is 15.0 Å². The number of likely N-dealkylation sites (N-methyl/N-ethyl adjacent to an activating group) is 2. The lowest BCUT2D eigenvalue weighted by atomic mass is 10.0. The Labute approximate surface area is 220 Å². The predicted octanol–water partition coefficient (Wildman–Crippen LogP) is 3.28. The molecule has 13 heteroatoms. The SMILES string of the molecule is CN/C(=C(\C(=N)OC)c1cnc(N)c(OCc2cc(F)ccc2C(=O)O)n1)C(C)N(C)C(=O)OC(C)(C)C. The standard InChI is InChI=1S/C25H33FN6O6/c1-13(32(6)24(35)38-25(2,3)4)19(29-5)18(21(28)36-7)17-11-30-20(27)22(31-17)37-12-14-10-15(26)8-9-16(14)23(33)34/h8-11,13,28-29H,12H2,1-7H3,(H2,27,30)(H,33,34)/b19-18-,28-21?. The number of ether oxygens (including phenoxy) is 3. The first-order chi connectivity index (χ1) is 17.7. The molecular formula is C25H33FN6O6. The van der Waals surface area contributed by atoms with Gasteiger partial charge in [-0.1, -0.05) is 0 Å². The Morgan fingerprint density at radius 1 is 1.32 bits per heavy atom. The molecule has 0 radical (unpaired) electrons. The monoisotopic (exact) mass is 532 g/mol. The minimum absolute atomic E-state index is 0.0630. The third-order valence-electron chi connectivity index (χ3n) is 5.34. The second-order valence-corrected chi connectivity index (χ2v) is 9.18. The Morgan fingerprint density at radius 3 is 2.53 bits per heavy atom. The molecule has 12 nitrogen and oxygen atoms in total. The molecule has 2 aromatic rings. The zero-order valence-electron chi connectivity index (χ0n) is 22.4. The second-order valence-electron chi connectivity index (χ2n) is 9.18. The number of carbonyl (C=O) groups excluding carboxylic acids is 1. The number of carboxylic acids is 1. The number of rotatable bonds is 9. The molecule has 38 heavy (non-hydrogen) atoms. The predicted molar refractivity (Wildman–Crippen MR) is 138 cm³/mol. The fourth-order valence-electron chi connectivity index (χ4n) is 3.35.